The van der Waals surface area contributed by atoms with Gasteiger partial charge >= 0.3 is 0 Å². The predicted molar refractivity (Wildman–Crippen MR) is 91.9 cm³/mol. The van der Waals surface area contributed by atoms with E-state index in [9.17, 15) is 0 Å². The third-order valence-electron chi connectivity index (χ3n) is 3.94. The molecule has 2 heteroatoms. The molecule has 2 nitrogen and oxygen atoms in total. The summed E-state index contributed by atoms with van der Waals surface area (Å²) in [5.74, 6) is 1.38. The molecule has 21 heavy (non-hydrogen) atoms. The predicted octanol–water partition coefficient (Wildman–Crippen LogP) is 4.67. The molecule has 0 atom stereocenters. The minimum atomic E-state index is 0.440. The molecule has 2 N–H and O–H groups in total. The summed E-state index contributed by atoms with van der Waals surface area (Å²) < 4.78 is 5.64. The van der Waals surface area contributed by atoms with E-state index in [0.717, 1.165) is 11.3 Å². The van der Waals surface area contributed by atoms with Crippen LogP contribution < -0.4 is 5.73 Å². The molecule has 0 aliphatic heterocycles. The van der Waals surface area contributed by atoms with Crippen molar-refractivity contribution in [3.63, 3.8) is 0 Å². The molecule has 0 bridgehead atoms. The fourth-order valence-electron chi connectivity index (χ4n) is 2.58. The largest absolute Gasteiger partial charge is 0.489 e. The summed E-state index contributed by atoms with van der Waals surface area (Å²) in [7, 11) is 0. The maximum absolute atomic E-state index is 5.64. The van der Waals surface area contributed by atoms with Crippen molar-refractivity contribution in [2.24, 2.45) is 11.7 Å². The van der Waals surface area contributed by atoms with Gasteiger partial charge in [0, 0.05) is 6.54 Å². The lowest BCUT2D eigenvalue weighted by Crippen LogP contribution is -2.07. The zero-order valence-electron chi connectivity index (χ0n) is 13.2. The molecule has 0 radical (unpaired) electrons. The Kier molecular flexibility index (Phi) is 8.53. The van der Waals surface area contributed by atoms with Crippen molar-refractivity contribution in [1.82, 2.24) is 0 Å². The van der Waals surface area contributed by atoms with Gasteiger partial charge in [-0.3, -0.25) is 0 Å². The van der Waals surface area contributed by atoms with Crippen molar-refractivity contribution in [3.05, 3.63) is 60.9 Å². The first-order valence-corrected chi connectivity index (χ1v) is 7.87. The highest BCUT2D eigenvalue weighted by Gasteiger charge is 2.14. The summed E-state index contributed by atoms with van der Waals surface area (Å²) in [6, 6.07) is 0. The molecule has 1 fully saturated rings. The second kappa shape index (κ2) is 10.2. The molecule has 1 rings (SSSR count). The number of rotatable bonds is 8. The number of nitrogens with two attached hydrogens (primary N) is 1. The maximum atomic E-state index is 5.64. The lowest BCUT2D eigenvalue weighted by Gasteiger charge is -2.15. The van der Waals surface area contributed by atoms with Crippen LogP contribution in [0, 0.1) is 5.92 Å². The summed E-state index contributed by atoms with van der Waals surface area (Å²) in [5.41, 5.74) is 7.68. The van der Waals surface area contributed by atoms with Crippen LogP contribution in [0.3, 0.4) is 0 Å². The van der Waals surface area contributed by atoms with Crippen molar-refractivity contribution in [2.75, 3.05) is 13.2 Å². The topological polar surface area (TPSA) is 35.2 Å². The van der Waals surface area contributed by atoms with Crippen molar-refractivity contribution < 1.29 is 4.74 Å². The quantitative estimate of drug-likeness (QED) is 0.305. The molecule has 0 spiro atoms. The molecule has 1 aliphatic rings. The van der Waals surface area contributed by atoms with Gasteiger partial charge in [-0.05, 0) is 42.1 Å². The minimum Gasteiger partial charge on any atom is -0.489 e. The van der Waals surface area contributed by atoms with Crippen LogP contribution in [0.5, 0.6) is 0 Å². The summed E-state index contributed by atoms with van der Waals surface area (Å²) in [4.78, 5) is 0. The average molecular weight is 287 g/mol. The molecular formula is C19H29NO. The Morgan fingerprint density at radius 3 is 2.24 bits per heavy atom. The van der Waals surface area contributed by atoms with Crippen LogP contribution in [0.1, 0.15) is 38.5 Å². The fraction of sp³-hybridized carbons (Fsp3) is 0.474. The zero-order valence-corrected chi connectivity index (χ0v) is 13.2. The van der Waals surface area contributed by atoms with Gasteiger partial charge in [-0.15, -0.1) is 0 Å². The van der Waals surface area contributed by atoms with E-state index in [1.165, 1.54) is 44.1 Å². The van der Waals surface area contributed by atoms with Crippen molar-refractivity contribution in [3.8, 4) is 0 Å². The number of ether oxygens (including phenoxy) is 1. The van der Waals surface area contributed by atoms with Gasteiger partial charge in [0.15, 0.2) is 0 Å². The van der Waals surface area contributed by atoms with E-state index in [-0.39, 0.29) is 0 Å². The molecule has 1 aliphatic carbocycles. The summed E-state index contributed by atoms with van der Waals surface area (Å²) in [6.07, 6.45) is 15.7. The standard InChI is InChI=1S/C19H29NO/c1-4-17(18-10-8-6-7-9-11-18)12-13-19(5-2)21-15-16(3)14-20/h4-5,12-13,18H,1-3,6-11,14-15,20H2/b17-12+,19-13+. The van der Waals surface area contributed by atoms with Gasteiger partial charge in [0.25, 0.3) is 0 Å². The minimum absolute atomic E-state index is 0.440. The highest BCUT2D eigenvalue weighted by molar-refractivity contribution is 5.28. The van der Waals surface area contributed by atoms with Crippen LogP contribution >= 0.6 is 0 Å². The van der Waals surface area contributed by atoms with Gasteiger partial charge in [0.1, 0.15) is 12.4 Å². The normalized spacial score (nSPS) is 18.0. The van der Waals surface area contributed by atoms with E-state index >= 15 is 0 Å². The molecule has 0 unspecified atom stereocenters. The summed E-state index contributed by atoms with van der Waals surface area (Å²) >= 11 is 0. The molecule has 0 aromatic rings. The Morgan fingerprint density at radius 1 is 1.05 bits per heavy atom. The molecule has 0 aromatic carbocycles. The van der Waals surface area contributed by atoms with Gasteiger partial charge in [0.05, 0.1) is 0 Å². The first-order chi connectivity index (χ1) is 10.2. The van der Waals surface area contributed by atoms with Crippen molar-refractivity contribution in [1.29, 1.82) is 0 Å². The summed E-state index contributed by atoms with van der Waals surface area (Å²) in [5, 5.41) is 0. The Hall–Kier alpha value is -1.54. The van der Waals surface area contributed by atoms with Crippen LogP contribution in [0.2, 0.25) is 0 Å². The van der Waals surface area contributed by atoms with Crippen molar-refractivity contribution in [2.45, 2.75) is 38.5 Å². The SMILES string of the molecule is C=C/C(=C\C=C(/C=C)OCC(=C)CN)C1CCCCCC1. The molecule has 116 valence electrons. The molecule has 0 aromatic heterocycles. The van der Waals surface area contributed by atoms with Gasteiger partial charge in [-0.2, -0.15) is 0 Å². The van der Waals surface area contributed by atoms with E-state index in [1.54, 1.807) is 6.08 Å². The Balaban J connectivity index is 2.69. The number of hydrogen-bond donors (Lipinski definition) is 1. The molecule has 0 amide bonds. The Bertz CT molecular complexity index is 409. The summed E-state index contributed by atoms with van der Waals surface area (Å²) in [6.45, 7) is 12.5. The monoisotopic (exact) mass is 287 g/mol. The molecule has 0 saturated heterocycles. The van der Waals surface area contributed by atoms with Crippen LogP contribution in [0.4, 0.5) is 0 Å². The van der Waals surface area contributed by atoms with E-state index in [2.05, 4.69) is 25.8 Å². The van der Waals surface area contributed by atoms with Gasteiger partial charge < -0.3 is 10.5 Å². The van der Waals surface area contributed by atoms with Gasteiger partial charge in [-0.25, -0.2) is 0 Å². The lowest BCUT2D eigenvalue weighted by molar-refractivity contribution is 0.252. The third kappa shape index (κ3) is 6.63. The van der Waals surface area contributed by atoms with Crippen LogP contribution in [-0.4, -0.2) is 13.2 Å². The highest BCUT2D eigenvalue weighted by Crippen LogP contribution is 2.29. The fourth-order valence-corrected chi connectivity index (χ4v) is 2.58. The second-order valence-corrected chi connectivity index (χ2v) is 5.58. The second-order valence-electron chi connectivity index (χ2n) is 5.58. The molecular weight excluding hydrogens is 258 g/mol. The first-order valence-electron chi connectivity index (χ1n) is 7.87. The van der Waals surface area contributed by atoms with Crippen molar-refractivity contribution >= 4 is 0 Å². The van der Waals surface area contributed by atoms with E-state index in [1.807, 2.05) is 12.2 Å². The highest BCUT2D eigenvalue weighted by atomic mass is 16.5. The first kappa shape index (κ1) is 17.5. The molecule has 1 saturated carbocycles. The van der Waals surface area contributed by atoms with E-state index in [0.29, 0.717) is 19.1 Å². The van der Waals surface area contributed by atoms with Gasteiger partial charge in [-0.1, -0.05) is 57.6 Å². The Morgan fingerprint density at radius 2 is 1.71 bits per heavy atom. The lowest BCUT2D eigenvalue weighted by atomic mass is 9.91. The van der Waals surface area contributed by atoms with Crippen LogP contribution in [-0.2, 0) is 4.74 Å². The zero-order chi connectivity index (χ0) is 15.5. The maximum Gasteiger partial charge on any atom is 0.119 e. The van der Waals surface area contributed by atoms with Gasteiger partial charge in [0.2, 0.25) is 0 Å². The van der Waals surface area contributed by atoms with Crippen LogP contribution in [0.25, 0.3) is 0 Å². The third-order valence-corrected chi connectivity index (χ3v) is 3.94. The smallest absolute Gasteiger partial charge is 0.119 e. The number of hydrogen-bond acceptors (Lipinski definition) is 2. The average Bonchev–Trinajstić information content (AvgIpc) is 2.79. The van der Waals surface area contributed by atoms with Crippen LogP contribution in [0.15, 0.2) is 60.9 Å². The van der Waals surface area contributed by atoms with E-state index in [4.69, 9.17) is 10.5 Å². The van der Waals surface area contributed by atoms with E-state index < -0.39 is 0 Å². The number of allylic oxidation sites excluding steroid dienone is 5. The molecule has 0 heterocycles. The Labute approximate surface area is 129 Å².